The summed E-state index contributed by atoms with van der Waals surface area (Å²) < 4.78 is 26.4. The van der Waals surface area contributed by atoms with Crippen molar-refractivity contribution >= 4 is 22.0 Å². The van der Waals surface area contributed by atoms with Gasteiger partial charge in [0.2, 0.25) is 10.0 Å². The molecule has 0 atom stereocenters. The Hall–Kier alpha value is -2.39. The van der Waals surface area contributed by atoms with Crippen LogP contribution < -0.4 is 15.4 Å². The summed E-state index contributed by atoms with van der Waals surface area (Å²) in [5.74, 6) is -0.421. The minimum atomic E-state index is -3.69. The molecule has 132 valence electrons. The number of nitrogens with zero attached hydrogens (tertiary/aromatic N) is 1. The number of benzene rings is 1. The number of hydrogen-bond donors (Lipinski definition) is 3. The first-order valence-electron chi connectivity index (χ1n) is 7.22. The van der Waals surface area contributed by atoms with E-state index in [0.29, 0.717) is 0 Å². The van der Waals surface area contributed by atoms with Gasteiger partial charge in [0.1, 0.15) is 0 Å². The van der Waals surface area contributed by atoms with E-state index >= 15 is 0 Å². The summed E-state index contributed by atoms with van der Waals surface area (Å²) in [5, 5.41) is 5.22. The van der Waals surface area contributed by atoms with Crippen LogP contribution in [0, 0.1) is 0 Å². The molecule has 0 unspecified atom stereocenters. The maximum absolute atomic E-state index is 12.1. The topological polar surface area (TPSA) is 108 Å². The average Bonchev–Trinajstić information content (AvgIpc) is 2.56. The molecule has 0 heterocycles. The van der Waals surface area contributed by atoms with Crippen LogP contribution in [0.25, 0.3) is 0 Å². The third kappa shape index (κ3) is 6.01. The highest BCUT2D eigenvalue weighted by molar-refractivity contribution is 7.89. The van der Waals surface area contributed by atoms with E-state index in [1.807, 2.05) is 0 Å². The lowest BCUT2D eigenvalue weighted by Gasteiger charge is -2.12. The van der Waals surface area contributed by atoms with Gasteiger partial charge in [-0.05, 0) is 18.2 Å². The van der Waals surface area contributed by atoms with E-state index in [2.05, 4.69) is 21.9 Å². The maximum atomic E-state index is 12.1. The summed E-state index contributed by atoms with van der Waals surface area (Å²) in [4.78, 5) is 24.8. The lowest BCUT2D eigenvalue weighted by atomic mass is 10.2. The first-order chi connectivity index (χ1) is 11.3. The van der Waals surface area contributed by atoms with Crippen LogP contribution in [0.3, 0.4) is 0 Å². The van der Waals surface area contributed by atoms with Gasteiger partial charge < -0.3 is 15.5 Å². The summed E-state index contributed by atoms with van der Waals surface area (Å²) in [6, 6.07) is 5.44. The molecule has 0 aliphatic rings. The van der Waals surface area contributed by atoms with E-state index in [1.165, 1.54) is 35.2 Å². The van der Waals surface area contributed by atoms with Gasteiger partial charge >= 0.3 is 6.03 Å². The lowest BCUT2D eigenvalue weighted by Crippen LogP contribution is -2.39. The fourth-order valence-corrected chi connectivity index (χ4v) is 2.71. The zero-order valence-corrected chi connectivity index (χ0v) is 14.5. The first kappa shape index (κ1) is 19.7. The number of carbonyl (C=O) groups is 2. The molecular formula is C15H22N4O4S. The van der Waals surface area contributed by atoms with Gasteiger partial charge in [-0.3, -0.25) is 4.79 Å². The van der Waals surface area contributed by atoms with Gasteiger partial charge in [-0.2, -0.15) is 0 Å². The summed E-state index contributed by atoms with van der Waals surface area (Å²) in [6.07, 6.45) is 1.43. The first-order valence-corrected chi connectivity index (χ1v) is 8.70. The fraction of sp³-hybridized carbons (Fsp3) is 0.333. The van der Waals surface area contributed by atoms with Crippen molar-refractivity contribution < 1.29 is 18.0 Å². The third-order valence-corrected chi connectivity index (χ3v) is 4.34. The monoisotopic (exact) mass is 354 g/mol. The van der Waals surface area contributed by atoms with Crippen LogP contribution in [0.4, 0.5) is 4.79 Å². The van der Waals surface area contributed by atoms with Crippen LogP contribution in [-0.4, -0.2) is 59.0 Å². The zero-order valence-electron chi connectivity index (χ0n) is 13.7. The van der Waals surface area contributed by atoms with Gasteiger partial charge in [0.15, 0.2) is 0 Å². The van der Waals surface area contributed by atoms with Gasteiger partial charge in [0, 0.05) is 39.3 Å². The molecule has 0 saturated carbocycles. The van der Waals surface area contributed by atoms with Crippen LogP contribution in [0.2, 0.25) is 0 Å². The van der Waals surface area contributed by atoms with Crippen molar-refractivity contribution in [1.29, 1.82) is 0 Å². The van der Waals surface area contributed by atoms with Crippen molar-refractivity contribution in [2.75, 3.05) is 33.7 Å². The van der Waals surface area contributed by atoms with E-state index in [-0.39, 0.29) is 36.1 Å². The SMILES string of the molecule is C=CCNS(=O)(=O)c1cccc(C(=O)NCCNC(=O)N(C)C)c1. The quantitative estimate of drug-likeness (QED) is 0.456. The molecule has 0 radical (unpaired) electrons. The number of rotatable bonds is 8. The summed E-state index contributed by atoms with van der Waals surface area (Å²) >= 11 is 0. The van der Waals surface area contributed by atoms with Crippen LogP contribution >= 0.6 is 0 Å². The minimum absolute atomic E-state index is 0.00193. The van der Waals surface area contributed by atoms with E-state index in [1.54, 1.807) is 14.1 Å². The highest BCUT2D eigenvalue weighted by atomic mass is 32.2. The number of hydrogen-bond acceptors (Lipinski definition) is 4. The largest absolute Gasteiger partial charge is 0.350 e. The molecule has 3 N–H and O–H groups in total. The molecule has 0 spiro atoms. The molecule has 8 nitrogen and oxygen atoms in total. The van der Waals surface area contributed by atoms with Crippen molar-refractivity contribution in [2.24, 2.45) is 0 Å². The Morgan fingerprint density at radius 1 is 1.21 bits per heavy atom. The molecule has 24 heavy (non-hydrogen) atoms. The second kappa shape index (κ2) is 9.04. The molecule has 1 rings (SSSR count). The molecule has 0 aromatic heterocycles. The molecule has 0 aliphatic heterocycles. The summed E-state index contributed by atoms with van der Waals surface area (Å²) in [5.41, 5.74) is 0.218. The van der Waals surface area contributed by atoms with Gasteiger partial charge in [0.25, 0.3) is 5.91 Å². The standard InChI is InChI=1S/C15H22N4O4S/c1-4-8-18-24(22,23)13-7-5-6-12(11-13)14(20)16-9-10-17-15(21)19(2)3/h4-7,11,18H,1,8-10H2,2-3H3,(H,16,20)(H,17,21). The van der Waals surface area contributed by atoms with Crippen LogP contribution in [0.5, 0.6) is 0 Å². The Balaban J connectivity index is 2.64. The maximum Gasteiger partial charge on any atom is 0.316 e. The van der Waals surface area contributed by atoms with Gasteiger partial charge in [-0.25, -0.2) is 17.9 Å². The zero-order chi connectivity index (χ0) is 18.2. The van der Waals surface area contributed by atoms with Crippen molar-refractivity contribution in [2.45, 2.75) is 4.90 Å². The third-order valence-electron chi connectivity index (χ3n) is 2.92. The smallest absolute Gasteiger partial charge is 0.316 e. The van der Waals surface area contributed by atoms with E-state index in [0.717, 1.165) is 0 Å². The van der Waals surface area contributed by atoms with Crippen molar-refractivity contribution in [3.8, 4) is 0 Å². The normalized spacial score (nSPS) is 10.8. The second-order valence-electron chi connectivity index (χ2n) is 5.05. The van der Waals surface area contributed by atoms with Crippen LogP contribution in [0.1, 0.15) is 10.4 Å². The van der Waals surface area contributed by atoms with Gasteiger partial charge in [0.05, 0.1) is 4.90 Å². The Bertz CT molecular complexity index is 701. The van der Waals surface area contributed by atoms with E-state index < -0.39 is 15.9 Å². The van der Waals surface area contributed by atoms with Crippen molar-refractivity contribution in [1.82, 2.24) is 20.3 Å². The molecule has 1 aromatic carbocycles. The number of amides is 3. The highest BCUT2D eigenvalue weighted by Gasteiger charge is 2.15. The molecule has 1 aromatic rings. The fourth-order valence-electron chi connectivity index (χ4n) is 1.66. The van der Waals surface area contributed by atoms with Crippen molar-refractivity contribution in [3.05, 3.63) is 42.5 Å². The molecular weight excluding hydrogens is 332 g/mol. The molecule has 3 amide bonds. The number of carbonyl (C=O) groups excluding carboxylic acids is 2. The Labute approximate surface area is 142 Å². The lowest BCUT2D eigenvalue weighted by molar-refractivity contribution is 0.0953. The Morgan fingerprint density at radius 3 is 2.50 bits per heavy atom. The average molecular weight is 354 g/mol. The van der Waals surface area contributed by atoms with Gasteiger partial charge in [-0.1, -0.05) is 12.1 Å². The Kier molecular flexibility index (Phi) is 7.40. The minimum Gasteiger partial charge on any atom is -0.350 e. The summed E-state index contributed by atoms with van der Waals surface area (Å²) in [7, 11) is -0.465. The molecule has 9 heteroatoms. The van der Waals surface area contributed by atoms with Gasteiger partial charge in [-0.15, -0.1) is 6.58 Å². The molecule has 0 fully saturated rings. The van der Waals surface area contributed by atoms with Crippen LogP contribution in [0.15, 0.2) is 41.8 Å². The second-order valence-corrected chi connectivity index (χ2v) is 6.82. The number of sulfonamides is 1. The molecule has 0 saturated heterocycles. The van der Waals surface area contributed by atoms with Crippen molar-refractivity contribution in [3.63, 3.8) is 0 Å². The molecule has 0 bridgehead atoms. The van der Waals surface area contributed by atoms with E-state index in [4.69, 9.17) is 0 Å². The van der Waals surface area contributed by atoms with Crippen LogP contribution in [-0.2, 0) is 10.0 Å². The number of urea groups is 1. The summed E-state index contributed by atoms with van der Waals surface area (Å²) in [6.45, 7) is 4.04. The Morgan fingerprint density at radius 2 is 1.88 bits per heavy atom. The van der Waals surface area contributed by atoms with E-state index in [9.17, 15) is 18.0 Å². The highest BCUT2D eigenvalue weighted by Crippen LogP contribution is 2.11. The predicted octanol–water partition coefficient (Wildman–Crippen LogP) is 0.152. The molecule has 0 aliphatic carbocycles. The predicted molar refractivity (Wildman–Crippen MR) is 91.2 cm³/mol. The number of nitrogens with one attached hydrogen (secondary N) is 3.